The van der Waals surface area contributed by atoms with Crippen molar-refractivity contribution in [3.63, 3.8) is 0 Å². The van der Waals surface area contributed by atoms with Gasteiger partial charge in [-0.3, -0.25) is 9.59 Å². The van der Waals surface area contributed by atoms with E-state index < -0.39 is 5.91 Å². The highest BCUT2D eigenvalue weighted by molar-refractivity contribution is 7.99. The van der Waals surface area contributed by atoms with Crippen LogP contribution in [0.15, 0.2) is 21.9 Å². The topological polar surface area (TPSA) is 142 Å². The summed E-state index contributed by atoms with van der Waals surface area (Å²) in [5.41, 5.74) is 7.68. The highest BCUT2D eigenvalue weighted by atomic mass is 32.2. The molecule has 3 heterocycles. The number of amides is 2. The average Bonchev–Trinajstić information content (AvgIpc) is 3.38. The molecular weight excluding hydrogens is 400 g/mol. The second-order valence-corrected chi connectivity index (χ2v) is 8.38. The van der Waals surface area contributed by atoms with Gasteiger partial charge in [-0.1, -0.05) is 11.8 Å². The number of thioether (sulfide) groups is 1. The number of nitrogens with two attached hydrogens (primary N) is 2. The number of anilines is 1. The number of hydrogen-bond donors (Lipinski definition) is 3. The Morgan fingerprint density at radius 3 is 2.93 bits per heavy atom. The first-order valence-corrected chi connectivity index (χ1v) is 10.4. The van der Waals surface area contributed by atoms with E-state index in [-0.39, 0.29) is 11.7 Å². The number of furan rings is 1. The maximum Gasteiger partial charge on any atom is 0.251 e. The fraction of sp³-hybridized carbons (Fsp3) is 0.294. The van der Waals surface area contributed by atoms with Crippen molar-refractivity contribution in [3.8, 4) is 11.4 Å². The number of nitrogens with one attached hydrogen (secondary N) is 1. The number of rotatable bonds is 6. The zero-order chi connectivity index (χ0) is 19.8. The monoisotopic (exact) mass is 418 g/mol. The summed E-state index contributed by atoms with van der Waals surface area (Å²) in [6.45, 7) is 1.80. The third-order valence-electron chi connectivity index (χ3n) is 4.52. The molecule has 3 aromatic rings. The van der Waals surface area contributed by atoms with Crippen LogP contribution >= 0.6 is 23.1 Å². The number of carbonyl (C=O) groups is 2. The van der Waals surface area contributed by atoms with E-state index in [2.05, 4.69) is 15.5 Å². The number of fused-ring (bicyclic) bond motifs is 1. The molecule has 0 atom stereocenters. The van der Waals surface area contributed by atoms with Crippen LogP contribution in [0, 0.1) is 6.92 Å². The molecule has 4 rings (SSSR count). The van der Waals surface area contributed by atoms with E-state index in [4.69, 9.17) is 16.0 Å². The van der Waals surface area contributed by atoms with Gasteiger partial charge in [-0.15, -0.1) is 21.5 Å². The van der Waals surface area contributed by atoms with Crippen LogP contribution in [0.25, 0.3) is 11.4 Å². The minimum Gasteiger partial charge on any atom is -0.469 e. The molecule has 9 nitrogen and oxygen atoms in total. The molecule has 0 radical (unpaired) electrons. The fourth-order valence-electron chi connectivity index (χ4n) is 3.22. The molecule has 3 aromatic heterocycles. The molecule has 11 heteroatoms. The predicted molar refractivity (Wildman–Crippen MR) is 107 cm³/mol. The summed E-state index contributed by atoms with van der Waals surface area (Å²) in [6.07, 6.45) is 4.29. The first-order valence-electron chi connectivity index (χ1n) is 8.57. The highest BCUT2D eigenvalue weighted by Gasteiger charge is 2.26. The Kier molecular flexibility index (Phi) is 4.85. The Balaban J connectivity index is 1.44. The summed E-state index contributed by atoms with van der Waals surface area (Å²) in [6, 6.07) is 1.76. The summed E-state index contributed by atoms with van der Waals surface area (Å²) in [5, 5.41) is 11.8. The maximum atomic E-state index is 12.4. The van der Waals surface area contributed by atoms with Gasteiger partial charge in [-0.05, 0) is 37.8 Å². The molecule has 1 aliphatic carbocycles. The number of aromatic nitrogens is 3. The molecule has 0 fully saturated rings. The van der Waals surface area contributed by atoms with Crippen molar-refractivity contribution < 1.29 is 14.0 Å². The third kappa shape index (κ3) is 3.27. The number of nitrogens with zero attached hydrogens (tertiary/aromatic N) is 3. The van der Waals surface area contributed by atoms with E-state index in [9.17, 15) is 9.59 Å². The lowest BCUT2D eigenvalue weighted by Gasteiger charge is -2.06. The summed E-state index contributed by atoms with van der Waals surface area (Å²) >= 11 is 2.58. The quantitative estimate of drug-likeness (QED) is 0.410. The van der Waals surface area contributed by atoms with Crippen LogP contribution in [0.5, 0.6) is 0 Å². The zero-order valence-corrected chi connectivity index (χ0v) is 16.7. The summed E-state index contributed by atoms with van der Waals surface area (Å²) in [5.74, 6) is 6.48. The number of primary amides is 1. The van der Waals surface area contributed by atoms with Crippen LogP contribution in [0.2, 0.25) is 0 Å². The van der Waals surface area contributed by atoms with Gasteiger partial charge >= 0.3 is 0 Å². The average molecular weight is 419 g/mol. The molecule has 0 aromatic carbocycles. The fourth-order valence-corrected chi connectivity index (χ4v) is 5.19. The van der Waals surface area contributed by atoms with Crippen LogP contribution in [0.1, 0.15) is 33.0 Å². The lowest BCUT2D eigenvalue weighted by molar-refractivity contribution is -0.113. The van der Waals surface area contributed by atoms with Crippen molar-refractivity contribution in [2.45, 2.75) is 31.3 Å². The van der Waals surface area contributed by atoms with Crippen LogP contribution in [-0.4, -0.2) is 32.4 Å². The van der Waals surface area contributed by atoms with Crippen LogP contribution in [0.4, 0.5) is 5.00 Å². The number of thiophene rings is 1. The van der Waals surface area contributed by atoms with E-state index >= 15 is 0 Å². The van der Waals surface area contributed by atoms with Gasteiger partial charge in [0.15, 0.2) is 5.82 Å². The first-order chi connectivity index (χ1) is 13.5. The lowest BCUT2D eigenvalue weighted by atomic mass is 10.1. The molecule has 0 saturated heterocycles. The van der Waals surface area contributed by atoms with Crippen molar-refractivity contribution in [1.82, 2.24) is 14.9 Å². The van der Waals surface area contributed by atoms with Gasteiger partial charge in [-0.25, -0.2) is 4.68 Å². The normalized spacial score (nSPS) is 12.9. The van der Waals surface area contributed by atoms with Crippen molar-refractivity contribution >= 4 is 39.9 Å². The van der Waals surface area contributed by atoms with Gasteiger partial charge in [-0.2, -0.15) is 0 Å². The van der Waals surface area contributed by atoms with Crippen molar-refractivity contribution in [1.29, 1.82) is 0 Å². The van der Waals surface area contributed by atoms with E-state index in [1.54, 1.807) is 19.3 Å². The van der Waals surface area contributed by atoms with E-state index in [0.29, 0.717) is 27.3 Å². The Morgan fingerprint density at radius 1 is 1.39 bits per heavy atom. The molecule has 0 unspecified atom stereocenters. The predicted octanol–water partition coefficient (Wildman–Crippen LogP) is 1.94. The Labute approximate surface area is 168 Å². The van der Waals surface area contributed by atoms with Crippen LogP contribution in [0.3, 0.4) is 0 Å². The maximum absolute atomic E-state index is 12.4. The Bertz CT molecular complexity index is 1070. The number of aryl methyl sites for hydroxylation is 2. The molecule has 0 aliphatic heterocycles. The number of carbonyl (C=O) groups excluding carboxylic acids is 2. The Morgan fingerprint density at radius 2 is 2.21 bits per heavy atom. The second kappa shape index (κ2) is 7.32. The molecule has 0 bridgehead atoms. The molecule has 0 saturated carbocycles. The van der Waals surface area contributed by atoms with Crippen LogP contribution < -0.4 is 16.9 Å². The van der Waals surface area contributed by atoms with Gasteiger partial charge in [0.05, 0.1) is 23.1 Å². The largest absolute Gasteiger partial charge is 0.469 e. The zero-order valence-electron chi connectivity index (χ0n) is 15.0. The highest BCUT2D eigenvalue weighted by Crippen LogP contribution is 2.39. The second-order valence-electron chi connectivity index (χ2n) is 6.33. The van der Waals surface area contributed by atoms with E-state index in [1.165, 1.54) is 16.0 Å². The van der Waals surface area contributed by atoms with Gasteiger partial charge in [0.1, 0.15) is 10.8 Å². The summed E-state index contributed by atoms with van der Waals surface area (Å²) < 4.78 is 6.58. The van der Waals surface area contributed by atoms with Gasteiger partial charge in [0.25, 0.3) is 5.91 Å². The molecule has 2 amide bonds. The molecule has 146 valence electrons. The van der Waals surface area contributed by atoms with Gasteiger partial charge in [0, 0.05) is 4.88 Å². The Hall–Kier alpha value is -2.79. The summed E-state index contributed by atoms with van der Waals surface area (Å²) in [7, 11) is 0. The number of nitrogen functional groups attached to an aromatic ring is 1. The van der Waals surface area contributed by atoms with E-state index in [0.717, 1.165) is 47.0 Å². The van der Waals surface area contributed by atoms with Crippen molar-refractivity contribution in [2.24, 2.45) is 5.73 Å². The summed E-state index contributed by atoms with van der Waals surface area (Å²) in [4.78, 5) is 25.3. The van der Waals surface area contributed by atoms with Crippen molar-refractivity contribution in [2.75, 3.05) is 16.9 Å². The van der Waals surface area contributed by atoms with Gasteiger partial charge in [0.2, 0.25) is 11.1 Å². The molecule has 28 heavy (non-hydrogen) atoms. The molecule has 5 N–H and O–H groups in total. The minimum atomic E-state index is -0.510. The van der Waals surface area contributed by atoms with Crippen molar-refractivity contribution in [3.05, 3.63) is 34.1 Å². The smallest absolute Gasteiger partial charge is 0.251 e. The number of hydrogen-bond acceptors (Lipinski definition) is 8. The molecule has 0 spiro atoms. The van der Waals surface area contributed by atoms with Crippen LogP contribution in [-0.2, 0) is 17.6 Å². The first kappa shape index (κ1) is 18.6. The molecular formula is C17H18N6O3S2. The SMILES string of the molecule is Cc1occc1-c1nnc(SCC(=O)Nc2sc3c(c2C(N)=O)CCC3)n1N. The van der Waals surface area contributed by atoms with E-state index in [1.807, 2.05) is 0 Å². The lowest BCUT2D eigenvalue weighted by Crippen LogP contribution is -2.19. The third-order valence-corrected chi connectivity index (χ3v) is 6.67. The van der Waals surface area contributed by atoms with Gasteiger partial charge < -0.3 is 21.3 Å². The minimum absolute atomic E-state index is 0.0699. The standard InChI is InChI=1S/C17H18N6O3S2/c1-8-9(5-6-26-8)15-21-22-17(23(15)19)27-7-12(24)20-16-13(14(18)25)10-3-2-4-11(10)28-16/h5-6H,2-4,7,19H2,1H3,(H2,18,25)(H,20,24). The molecule has 1 aliphatic rings.